The minimum Gasteiger partial charge on any atom is -0.387 e. The van der Waals surface area contributed by atoms with Crippen molar-refractivity contribution in [2.45, 2.75) is 33.3 Å². The van der Waals surface area contributed by atoms with E-state index in [0.29, 0.717) is 29.6 Å². The summed E-state index contributed by atoms with van der Waals surface area (Å²) < 4.78 is 1.33. The molecule has 1 aromatic carbocycles. The third-order valence-electron chi connectivity index (χ3n) is 4.16. The van der Waals surface area contributed by atoms with Crippen molar-refractivity contribution in [2.75, 3.05) is 18.0 Å². The summed E-state index contributed by atoms with van der Waals surface area (Å²) >= 11 is 1.37. The number of rotatable bonds is 6. The molecule has 0 aliphatic rings. The number of aliphatic hydroxyl groups is 1. The first kappa shape index (κ1) is 17.6. The van der Waals surface area contributed by atoms with Crippen molar-refractivity contribution >= 4 is 21.4 Å². The quantitative estimate of drug-likeness (QED) is 0.733. The van der Waals surface area contributed by atoms with E-state index in [0.717, 1.165) is 16.8 Å². The number of aromatic nitrogens is 3. The van der Waals surface area contributed by atoms with Gasteiger partial charge in [-0.1, -0.05) is 48.1 Å². The topological polar surface area (TPSA) is 70.7 Å². The van der Waals surface area contributed by atoms with Crippen LogP contribution < -0.4 is 10.5 Å². The molecule has 0 bridgehead atoms. The molecule has 1 N–H and O–H groups in total. The zero-order valence-electron chi connectivity index (χ0n) is 14.6. The Morgan fingerprint density at radius 2 is 2.00 bits per heavy atom. The van der Waals surface area contributed by atoms with E-state index in [2.05, 4.69) is 10.1 Å². The lowest BCUT2D eigenvalue weighted by Crippen LogP contribution is -2.28. The lowest BCUT2D eigenvalue weighted by molar-refractivity contribution is 0.183. The second kappa shape index (κ2) is 7.33. The molecule has 0 saturated heterocycles. The number of nitrogens with zero attached hydrogens (tertiary/aromatic N) is 4. The number of aryl methyl sites for hydroxylation is 2. The molecule has 1 atom stereocenters. The number of hydrogen-bond acceptors (Lipinski definition) is 6. The van der Waals surface area contributed by atoms with Crippen LogP contribution in [0.1, 0.15) is 36.8 Å². The molecule has 0 aliphatic heterocycles. The van der Waals surface area contributed by atoms with E-state index in [-0.39, 0.29) is 5.56 Å². The van der Waals surface area contributed by atoms with Crippen molar-refractivity contribution < 1.29 is 5.11 Å². The van der Waals surface area contributed by atoms with E-state index in [9.17, 15) is 9.90 Å². The van der Waals surface area contributed by atoms with Gasteiger partial charge in [0.05, 0.1) is 12.6 Å². The first-order valence-electron chi connectivity index (χ1n) is 8.41. The van der Waals surface area contributed by atoms with E-state index in [1.807, 2.05) is 49.9 Å². The number of likely N-dealkylation sites (N-methyl/N-ethyl adjacent to an activating group) is 1. The van der Waals surface area contributed by atoms with Gasteiger partial charge in [-0.2, -0.15) is 4.52 Å². The fourth-order valence-electron chi connectivity index (χ4n) is 2.60. The molecule has 132 valence electrons. The molecule has 1 unspecified atom stereocenters. The van der Waals surface area contributed by atoms with Gasteiger partial charge in [0.1, 0.15) is 0 Å². The number of fused-ring (bicyclic) bond motifs is 1. The fourth-order valence-corrected chi connectivity index (χ4v) is 3.60. The lowest BCUT2D eigenvalue weighted by atomic mass is 10.1. The normalized spacial score (nSPS) is 12.5. The summed E-state index contributed by atoms with van der Waals surface area (Å²) in [6.45, 7) is 7.08. The maximum Gasteiger partial charge on any atom is 0.275 e. The second-order valence-electron chi connectivity index (χ2n) is 5.98. The van der Waals surface area contributed by atoms with Crippen molar-refractivity contribution in [3.05, 3.63) is 57.5 Å². The van der Waals surface area contributed by atoms with E-state index < -0.39 is 6.10 Å². The Bertz CT molecular complexity index is 917. The first-order valence-corrected chi connectivity index (χ1v) is 9.22. The summed E-state index contributed by atoms with van der Waals surface area (Å²) in [5.41, 5.74) is 2.63. The molecule has 7 heteroatoms. The van der Waals surface area contributed by atoms with Crippen molar-refractivity contribution in [1.82, 2.24) is 14.6 Å². The summed E-state index contributed by atoms with van der Waals surface area (Å²) in [6.07, 6.45) is 0.0891. The van der Waals surface area contributed by atoms with Gasteiger partial charge in [-0.3, -0.25) is 4.79 Å². The fraction of sp³-hybridized carbons (Fsp3) is 0.389. The minimum atomic E-state index is -0.622. The third kappa shape index (κ3) is 3.72. The molecule has 0 aliphatic carbocycles. The van der Waals surface area contributed by atoms with Crippen LogP contribution >= 0.6 is 11.3 Å². The highest BCUT2D eigenvalue weighted by Gasteiger charge is 2.17. The van der Waals surface area contributed by atoms with Gasteiger partial charge in [0.25, 0.3) is 5.56 Å². The molecule has 6 nitrogen and oxygen atoms in total. The minimum absolute atomic E-state index is 0.167. The van der Waals surface area contributed by atoms with Crippen LogP contribution in [0.2, 0.25) is 0 Å². The Labute approximate surface area is 150 Å². The molecule has 2 aromatic heterocycles. The predicted octanol–water partition coefficient (Wildman–Crippen LogP) is 2.58. The highest BCUT2D eigenvalue weighted by Crippen LogP contribution is 2.24. The Hall–Kier alpha value is -2.25. The lowest BCUT2D eigenvalue weighted by Gasteiger charge is -2.23. The highest BCUT2D eigenvalue weighted by molar-refractivity contribution is 7.20. The average Bonchev–Trinajstić information content (AvgIpc) is 3.04. The molecular formula is C18H22N4O2S. The molecular weight excluding hydrogens is 336 g/mol. The molecule has 0 fully saturated rings. The van der Waals surface area contributed by atoms with Crippen molar-refractivity contribution in [3.8, 4) is 0 Å². The maximum atomic E-state index is 12.2. The van der Waals surface area contributed by atoms with Gasteiger partial charge in [0.2, 0.25) is 10.1 Å². The molecule has 3 rings (SSSR count). The molecule has 25 heavy (non-hydrogen) atoms. The van der Waals surface area contributed by atoms with Crippen LogP contribution in [-0.4, -0.2) is 32.8 Å². The molecule has 0 amide bonds. The van der Waals surface area contributed by atoms with Crippen LogP contribution in [0.3, 0.4) is 0 Å². The van der Waals surface area contributed by atoms with Crippen LogP contribution in [0.5, 0.6) is 0 Å². The predicted molar refractivity (Wildman–Crippen MR) is 101 cm³/mol. The molecule has 0 saturated carbocycles. The highest BCUT2D eigenvalue weighted by atomic mass is 32.1. The van der Waals surface area contributed by atoms with Crippen LogP contribution in [0.4, 0.5) is 5.13 Å². The summed E-state index contributed by atoms with van der Waals surface area (Å²) in [5.74, 6) is 0. The number of hydrogen-bond donors (Lipinski definition) is 1. The number of benzene rings is 1. The Balaban J connectivity index is 1.87. The van der Waals surface area contributed by atoms with Crippen molar-refractivity contribution in [3.63, 3.8) is 0 Å². The van der Waals surface area contributed by atoms with E-state index in [1.54, 1.807) is 0 Å². The Kier molecular flexibility index (Phi) is 5.15. The largest absolute Gasteiger partial charge is 0.387 e. The van der Waals surface area contributed by atoms with Gasteiger partial charge in [0.15, 0.2) is 0 Å². The van der Waals surface area contributed by atoms with Gasteiger partial charge in [-0.25, -0.2) is 4.98 Å². The summed E-state index contributed by atoms with van der Waals surface area (Å²) in [6, 6.07) is 9.37. The zero-order chi connectivity index (χ0) is 18.0. The van der Waals surface area contributed by atoms with Crippen LogP contribution in [0.15, 0.2) is 35.1 Å². The number of anilines is 1. The van der Waals surface area contributed by atoms with Crippen LogP contribution in [-0.2, 0) is 6.42 Å². The van der Waals surface area contributed by atoms with E-state index >= 15 is 0 Å². The van der Waals surface area contributed by atoms with E-state index in [1.165, 1.54) is 21.9 Å². The zero-order valence-corrected chi connectivity index (χ0v) is 15.5. The molecule has 0 radical (unpaired) electrons. The van der Waals surface area contributed by atoms with Crippen molar-refractivity contribution in [2.24, 2.45) is 0 Å². The smallest absolute Gasteiger partial charge is 0.275 e. The summed E-state index contributed by atoms with van der Waals surface area (Å²) in [7, 11) is 0. The van der Waals surface area contributed by atoms with Gasteiger partial charge >= 0.3 is 0 Å². The van der Waals surface area contributed by atoms with Crippen LogP contribution in [0.25, 0.3) is 4.96 Å². The van der Waals surface area contributed by atoms with Crippen molar-refractivity contribution in [1.29, 1.82) is 0 Å². The van der Waals surface area contributed by atoms with E-state index in [4.69, 9.17) is 0 Å². The number of aliphatic hydroxyl groups excluding tert-OH is 1. The average molecular weight is 358 g/mol. The molecule has 3 aromatic rings. The molecule has 0 spiro atoms. The van der Waals surface area contributed by atoms with Gasteiger partial charge in [0, 0.05) is 18.3 Å². The first-order chi connectivity index (χ1) is 12.0. The molecule has 2 heterocycles. The van der Waals surface area contributed by atoms with Gasteiger partial charge in [-0.05, 0) is 25.8 Å². The maximum absolute atomic E-state index is 12.2. The third-order valence-corrected chi connectivity index (χ3v) is 5.13. The SMILES string of the molecule is CCc1cc(=O)n2nc(N(CC)CC(O)c3ccc(C)cc3)sc2n1. The van der Waals surface area contributed by atoms with Gasteiger partial charge < -0.3 is 10.0 Å². The standard InChI is InChI=1S/C18H22N4O2S/c1-4-14-10-16(24)22-17(19-14)25-18(20-22)21(5-2)11-15(23)13-8-6-12(3)7-9-13/h6-10,15,23H,4-5,11H2,1-3H3. The second-order valence-corrected chi connectivity index (χ2v) is 6.92. The Morgan fingerprint density at radius 3 is 2.64 bits per heavy atom. The van der Waals surface area contributed by atoms with Gasteiger partial charge in [-0.15, -0.1) is 5.10 Å². The summed E-state index contributed by atoms with van der Waals surface area (Å²) in [4.78, 5) is 19.2. The summed E-state index contributed by atoms with van der Waals surface area (Å²) in [5, 5.41) is 15.6. The monoisotopic (exact) mass is 358 g/mol. The Morgan fingerprint density at radius 1 is 1.28 bits per heavy atom. The van der Waals surface area contributed by atoms with Crippen LogP contribution in [0, 0.1) is 6.92 Å².